The van der Waals surface area contributed by atoms with Crippen LogP contribution < -0.4 is 15.4 Å². The van der Waals surface area contributed by atoms with Gasteiger partial charge in [-0.15, -0.1) is 11.8 Å². The van der Waals surface area contributed by atoms with E-state index in [4.69, 9.17) is 4.74 Å². The highest BCUT2D eigenvalue weighted by Crippen LogP contribution is 2.21. The first-order chi connectivity index (χ1) is 12.0. The third-order valence-corrected chi connectivity index (χ3v) is 4.27. The van der Waals surface area contributed by atoms with Crippen LogP contribution in [0.4, 0.5) is 5.69 Å². The molecule has 0 bridgehead atoms. The number of carbonyl (C=O) groups excluding carboxylic acids is 2. The Kier molecular flexibility index (Phi) is 6.89. The molecule has 0 aliphatic heterocycles. The van der Waals surface area contributed by atoms with Crippen molar-refractivity contribution in [2.75, 3.05) is 24.7 Å². The van der Waals surface area contributed by atoms with Crippen molar-refractivity contribution in [3.05, 3.63) is 53.6 Å². The van der Waals surface area contributed by atoms with E-state index in [0.29, 0.717) is 23.5 Å². The predicted octanol–water partition coefficient (Wildman–Crippen LogP) is 3.48. The average molecular weight is 358 g/mol. The first-order valence-electron chi connectivity index (χ1n) is 7.99. The zero-order valence-corrected chi connectivity index (χ0v) is 15.4. The van der Waals surface area contributed by atoms with Crippen molar-refractivity contribution in [3.8, 4) is 5.75 Å². The lowest BCUT2D eigenvalue weighted by Crippen LogP contribution is -2.28. The molecule has 0 radical (unpaired) electrons. The molecule has 0 unspecified atom stereocenters. The summed E-state index contributed by atoms with van der Waals surface area (Å²) in [6.07, 6.45) is 1.98. The van der Waals surface area contributed by atoms with Gasteiger partial charge in [0.1, 0.15) is 5.75 Å². The number of nitrogens with one attached hydrogen (secondary N) is 2. The molecule has 0 saturated heterocycles. The second-order valence-corrected chi connectivity index (χ2v) is 6.28. The maximum atomic E-state index is 12.5. The minimum atomic E-state index is -0.163. The SMILES string of the molecule is CCNC(=O)COc1ccc(NC(=O)c2cc(SC)ccc2C)cc1. The largest absolute Gasteiger partial charge is 0.484 e. The fourth-order valence-corrected chi connectivity index (χ4v) is 2.64. The minimum Gasteiger partial charge on any atom is -0.484 e. The number of anilines is 1. The van der Waals surface area contributed by atoms with Crippen LogP contribution in [0.15, 0.2) is 47.4 Å². The molecule has 0 heterocycles. The van der Waals surface area contributed by atoms with Gasteiger partial charge in [-0.05, 0) is 62.1 Å². The summed E-state index contributed by atoms with van der Waals surface area (Å²) in [7, 11) is 0. The Bertz CT molecular complexity index is 745. The topological polar surface area (TPSA) is 67.4 Å². The van der Waals surface area contributed by atoms with Gasteiger partial charge in [-0.25, -0.2) is 0 Å². The van der Waals surface area contributed by atoms with Gasteiger partial charge in [0, 0.05) is 22.7 Å². The van der Waals surface area contributed by atoms with E-state index in [1.54, 1.807) is 36.0 Å². The summed E-state index contributed by atoms with van der Waals surface area (Å²) in [5.41, 5.74) is 2.25. The minimum absolute atomic E-state index is 0.0276. The van der Waals surface area contributed by atoms with Crippen molar-refractivity contribution in [3.63, 3.8) is 0 Å². The molecule has 0 fully saturated rings. The molecule has 2 N–H and O–H groups in total. The molecule has 132 valence electrons. The van der Waals surface area contributed by atoms with E-state index in [2.05, 4.69) is 10.6 Å². The number of hydrogen-bond donors (Lipinski definition) is 2. The average Bonchev–Trinajstić information content (AvgIpc) is 2.61. The molecule has 2 amide bonds. The molecule has 2 aromatic rings. The quantitative estimate of drug-likeness (QED) is 0.744. The van der Waals surface area contributed by atoms with Crippen LogP contribution in [0.3, 0.4) is 0 Å². The Morgan fingerprint density at radius 1 is 1.12 bits per heavy atom. The highest BCUT2D eigenvalue weighted by molar-refractivity contribution is 7.98. The van der Waals surface area contributed by atoms with Gasteiger partial charge < -0.3 is 15.4 Å². The smallest absolute Gasteiger partial charge is 0.257 e. The van der Waals surface area contributed by atoms with Crippen molar-refractivity contribution in [1.82, 2.24) is 5.32 Å². The van der Waals surface area contributed by atoms with E-state index in [9.17, 15) is 9.59 Å². The summed E-state index contributed by atoms with van der Waals surface area (Å²) in [5, 5.41) is 5.54. The number of rotatable bonds is 7. The van der Waals surface area contributed by atoms with Gasteiger partial charge in [-0.3, -0.25) is 9.59 Å². The lowest BCUT2D eigenvalue weighted by molar-refractivity contribution is -0.122. The van der Waals surface area contributed by atoms with Crippen LogP contribution >= 0.6 is 11.8 Å². The van der Waals surface area contributed by atoms with Crippen LogP contribution in [0.1, 0.15) is 22.8 Å². The van der Waals surface area contributed by atoms with Gasteiger partial charge in [0.2, 0.25) is 0 Å². The van der Waals surface area contributed by atoms with Gasteiger partial charge in [0.25, 0.3) is 11.8 Å². The van der Waals surface area contributed by atoms with Gasteiger partial charge in [-0.2, -0.15) is 0 Å². The number of benzene rings is 2. The van der Waals surface area contributed by atoms with Gasteiger partial charge in [-0.1, -0.05) is 6.07 Å². The van der Waals surface area contributed by atoms with Crippen molar-refractivity contribution < 1.29 is 14.3 Å². The molecular formula is C19H22N2O3S. The highest BCUT2D eigenvalue weighted by Gasteiger charge is 2.10. The fraction of sp³-hybridized carbons (Fsp3) is 0.263. The third kappa shape index (κ3) is 5.53. The Balaban J connectivity index is 1.99. The summed E-state index contributed by atoms with van der Waals surface area (Å²) in [6.45, 7) is 4.31. The number of ether oxygens (including phenoxy) is 1. The normalized spacial score (nSPS) is 10.2. The lowest BCUT2D eigenvalue weighted by Gasteiger charge is -2.10. The summed E-state index contributed by atoms with van der Waals surface area (Å²) >= 11 is 1.60. The van der Waals surface area contributed by atoms with Crippen molar-refractivity contribution in [2.45, 2.75) is 18.7 Å². The number of hydrogen-bond acceptors (Lipinski definition) is 4. The van der Waals surface area contributed by atoms with E-state index >= 15 is 0 Å². The van der Waals surface area contributed by atoms with Crippen LogP contribution in [-0.2, 0) is 4.79 Å². The van der Waals surface area contributed by atoms with Crippen LogP contribution in [0, 0.1) is 6.92 Å². The zero-order chi connectivity index (χ0) is 18.2. The summed E-state index contributed by atoms with van der Waals surface area (Å²) < 4.78 is 5.39. The molecule has 2 aromatic carbocycles. The Morgan fingerprint density at radius 2 is 1.84 bits per heavy atom. The van der Waals surface area contributed by atoms with E-state index in [1.165, 1.54) is 0 Å². The van der Waals surface area contributed by atoms with Crippen LogP contribution in [0.25, 0.3) is 0 Å². The van der Waals surface area contributed by atoms with Gasteiger partial charge in [0.15, 0.2) is 6.61 Å². The van der Waals surface area contributed by atoms with Crippen LogP contribution in [0.2, 0.25) is 0 Å². The molecule has 0 aliphatic carbocycles. The molecule has 0 atom stereocenters. The number of carbonyl (C=O) groups is 2. The number of likely N-dealkylation sites (N-methyl/N-ethyl adjacent to an activating group) is 1. The Hall–Kier alpha value is -2.47. The monoisotopic (exact) mass is 358 g/mol. The Labute approximate surface area is 152 Å². The Morgan fingerprint density at radius 3 is 2.48 bits per heavy atom. The van der Waals surface area contributed by atoms with E-state index < -0.39 is 0 Å². The van der Waals surface area contributed by atoms with Crippen LogP contribution in [-0.4, -0.2) is 31.2 Å². The molecule has 0 aliphatic rings. The summed E-state index contributed by atoms with van der Waals surface area (Å²) in [6, 6.07) is 12.8. The van der Waals surface area contributed by atoms with Crippen molar-refractivity contribution >= 4 is 29.3 Å². The number of aryl methyl sites for hydroxylation is 1. The molecule has 0 aromatic heterocycles. The number of amides is 2. The van der Waals surface area contributed by atoms with Gasteiger partial charge >= 0.3 is 0 Å². The molecule has 5 nitrogen and oxygen atoms in total. The second kappa shape index (κ2) is 9.13. The predicted molar refractivity (Wildman–Crippen MR) is 102 cm³/mol. The summed E-state index contributed by atoms with van der Waals surface area (Å²) in [5.74, 6) is 0.262. The van der Waals surface area contributed by atoms with E-state index in [0.717, 1.165) is 10.5 Å². The first-order valence-corrected chi connectivity index (χ1v) is 9.21. The molecule has 6 heteroatoms. The molecule has 25 heavy (non-hydrogen) atoms. The molecule has 0 saturated carbocycles. The van der Waals surface area contributed by atoms with Crippen LogP contribution in [0.5, 0.6) is 5.75 Å². The number of thioether (sulfide) groups is 1. The maximum Gasteiger partial charge on any atom is 0.257 e. The molecule has 0 spiro atoms. The maximum absolute atomic E-state index is 12.5. The fourth-order valence-electron chi connectivity index (χ4n) is 2.20. The van der Waals surface area contributed by atoms with Crippen molar-refractivity contribution in [1.29, 1.82) is 0 Å². The van der Waals surface area contributed by atoms with Gasteiger partial charge in [0.05, 0.1) is 0 Å². The summed E-state index contributed by atoms with van der Waals surface area (Å²) in [4.78, 5) is 24.9. The first kappa shape index (κ1) is 18.9. The van der Waals surface area contributed by atoms with E-state index in [-0.39, 0.29) is 18.4 Å². The van der Waals surface area contributed by atoms with Crippen molar-refractivity contribution in [2.24, 2.45) is 0 Å². The third-order valence-electron chi connectivity index (χ3n) is 3.55. The molecule has 2 rings (SSSR count). The lowest BCUT2D eigenvalue weighted by atomic mass is 10.1. The highest BCUT2D eigenvalue weighted by atomic mass is 32.2. The van der Waals surface area contributed by atoms with E-state index in [1.807, 2.05) is 38.3 Å². The second-order valence-electron chi connectivity index (χ2n) is 5.40. The zero-order valence-electron chi connectivity index (χ0n) is 14.6. The molecular weight excluding hydrogens is 336 g/mol. The standard InChI is InChI=1S/C19H22N2O3S/c1-4-20-18(22)12-24-15-8-6-14(7-9-15)21-19(23)17-11-16(25-3)10-5-13(17)2/h5-11H,4,12H2,1-3H3,(H,20,22)(H,21,23).